The lowest BCUT2D eigenvalue weighted by molar-refractivity contribution is 0.397. The molecule has 0 radical (unpaired) electrons. The second-order valence-electron chi connectivity index (χ2n) is 2.79. The molecule has 0 aliphatic carbocycles. The lowest BCUT2D eigenvalue weighted by Crippen LogP contribution is -1.94. The lowest BCUT2D eigenvalue weighted by atomic mass is 10.2. The molecule has 2 aromatic heterocycles. The smallest absolute Gasteiger partial charge is 0.218 e. The van der Waals surface area contributed by atoms with Gasteiger partial charge in [-0.1, -0.05) is 11.6 Å². The van der Waals surface area contributed by atoms with E-state index in [9.17, 15) is 0 Å². The highest BCUT2D eigenvalue weighted by Gasteiger charge is 2.05. The standard InChI is InChI=1S/C10H8ClN3O/c1-15-9-6-8(11)13-10(14-9)7-2-4-12-5-3-7/h2-6H,1H3. The van der Waals surface area contributed by atoms with Crippen molar-refractivity contribution in [1.82, 2.24) is 15.0 Å². The van der Waals surface area contributed by atoms with Gasteiger partial charge in [-0.2, -0.15) is 4.98 Å². The molecule has 0 N–H and O–H groups in total. The second kappa shape index (κ2) is 4.23. The van der Waals surface area contributed by atoms with E-state index < -0.39 is 0 Å². The minimum atomic E-state index is 0.355. The van der Waals surface area contributed by atoms with E-state index in [0.29, 0.717) is 16.9 Å². The number of halogens is 1. The maximum absolute atomic E-state index is 5.83. The van der Waals surface area contributed by atoms with Crippen LogP contribution in [0.2, 0.25) is 5.15 Å². The van der Waals surface area contributed by atoms with Crippen LogP contribution in [0.3, 0.4) is 0 Å². The van der Waals surface area contributed by atoms with Gasteiger partial charge in [0.2, 0.25) is 5.88 Å². The minimum Gasteiger partial charge on any atom is -0.481 e. The summed E-state index contributed by atoms with van der Waals surface area (Å²) in [5.41, 5.74) is 0.853. The maximum atomic E-state index is 5.83. The summed E-state index contributed by atoms with van der Waals surface area (Å²) >= 11 is 5.83. The fourth-order valence-corrected chi connectivity index (χ4v) is 1.31. The molecule has 0 aliphatic rings. The number of aromatic nitrogens is 3. The van der Waals surface area contributed by atoms with Crippen LogP contribution in [-0.4, -0.2) is 22.1 Å². The minimum absolute atomic E-state index is 0.355. The molecular formula is C10H8ClN3O. The van der Waals surface area contributed by atoms with Crippen LogP contribution in [0.25, 0.3) is 11.4 Å². The third kappa shape index (κ3) is 2.22. The lowest BCUT2D eigenvalue weighted by Gasteiger charge is -2.03. The number of hydrogen-bond donors (Lipinski definition) is 0. The fourth-order valence-electron chi connectivity index (χ4n) is 1.13. The number of pyridine rings is 1. The van der Waals surface area contributed by atoms with Gasteiger partial charge < -0.3 is 4.74 Å². The van der Waals surface area contributed by atoms with E-state index in [4.69, 9.17) is 16.3 Å². The van der Waals surface area contributed by atoms with E-state index in [1.807, 2.05) is 12.1 Å². The second-order valence-corrected chi connectivity index (χ2v) is 3.18. The molecule has 2 aromatic rings. The predicted molar refractivity (Wildman–Crippen MR) is 56.8 cm³/mol. The first-order valence-corrected chi connectivity index (χ1v) is 4.66. The van der Waals surface area contributed by atoms with Gasteiger partial charge in [-0.05, 0) is 12.1 Å². The average molecular weight is 222 g/mol. The summed E-state index contributed by atoms with van der Waals surface area (Å²) in [6.07, 6.45) is 3.35. The molecule has 0 saturated heterocycles. The summed E-state index contributed by atoms with van der Waals surface area (Å²) in [7, 11) is 1.54. The van der Waals surface area contributed by atoms with E-state index >= 15 is 0 Å². The molecule has 0 aliphatic heterocycles. The van der Waals surface area contributed by atoms with Crippen molar-refractivity contribution < 1.29 is 4.74 Å². The summed E-state index contributed by atoms with van der Waals surface area (Å²) in [5.74, 6) is 0.976. The van der Waals surface area contributed by atoms with Gasteiger partial charge in [0.1, 0.15) is 5.15 Å². The van der Waals surface area contributed by atoms with Gasteiger partial charge in [0.25, 0.3) is 0 Å². The number of rotatable bonds is 2. The van der Waals surface area contributed by atoms with Gasteiger partial charge in [-0.15, -0.1) is 0 Å². The molecule has 0 bridgehead atoms. The molecule has 0 amide bonds. The maximum Gasteiger partial charge on any atom is 0.218 e. The Kier molecular flexibility index (Phi) is 2.78. The molecule has 15 heavy (non-hydrogen) atoms. The third-order valence-corrected chi connectivity index (χ3v) is 2.01. The molecule has 0 saturated carbocycles. The van der Waals surface area contributed by atoms with E-state index in [2.05, 4.69) is 15.0 Å². The van der Waals surface area contributed by atoms with Crippen LogP contribution in [0, 0.1) is 0 Å². The SMILES string of the molecule is COc1cc(Cl)nc(-c2ccncc2)n1. The van der Waals surface area contributed by atoms with Gasteiger partial charge >= 0.3 is 0 Å². The zero-order valence-corrected chi connectivity index (χ0v) is 8.77. The molecule has 76 valence electrons. The summed E-state index contributed by atoms with van der Waals surface area (Å²) in [4.78, 5) is 12.2. The fraction of sp³-hybridized carbons (Fsp3) is 0.100. The number of nitrogens with zero attached hydrogens (tertiary/aromatic N) is 3. The Bertz CT molecular complexity index is 461. The first-order chi connectivity index (χ1) is 7.29. The molecule has 0 unspecified atom stereocenters. The Labute approximate surface area is 91.9 Å². The van der Waals surface area contributed by atoms with E-state index in [-0.39, 0.29) is 0 Å². The third-order valence-electron chi connectivity index (χ3n) is 1.82. The van der Waals surface area contributed by atoms with Crippen LogP contribution >= 0.6 is 11.6 Å². The molecule has 4 nitrogen and oxygen atoms in total. The highest BCUT2D eigenvalue weighted by molar-refractivity contribution is 6.29. The van der Waals surface area contributed by atoms with Gasteiger partial charge in [-0.3, -0.25) is 4.98 Å². The van der Waals surface area contributed by atoms with Crippen molar-refractivity contribution in [3.8, 4) is 17.3 Å². The molecule has 2 rings (SSSR count). The normalized spacial score (nSPS) is 10.0. The summed E-state index contributed by atoms with van der Waals surface area (Å²) in [6.45, 7) is 0. The van der Waals surface area contributed by atoms with Crippen LogP contribution in [0.5, 0.6) is 5.88 Å². The van der Waals surface area contributed by atoms with E-state index in [0.717, 1.165) is 5.56 Å². The van der Waals surface area contributed by atoms with Crippen LogP contribution in [-0.2, 0) is 0 Å². The van der Waals surface area contributed by atoms with Crippen molar-refractivity contribution >= 4 is 11.6 Å². The summed E-state index contributed by atoms with van der Waals surface area (Å²) in [6, 6.07) is 5.18. The molecule has 0 fully saturated rings. The van der Waals surface area contributed by atoms with Gasteiger partial charge in [0.05, 0.1) is 7.11 Å². The number of hydrogen-bond acceptors (Lipinski definition) is 4. The Balaban J connectivity index is 2.49. The average Bonchev–Trinajstić information content (AvgIpc) is 2.29. The van der Waals surface area contributed by atoms with Crippen molar-refractivity contribution in [2.24, 2.45) is 0 Å². The molecular weight excluding hydrogens is 214 g/mol. The predicted octanol–water partition coefficient (Wildman–Crippen LogP) is 2.20. The Morgan fingerprint density at radius 1 is 1.20 bits per heavy atom. The highest BCUT2D eigenvalue weighted by atomic mass is 35.5. The molecule has 5 heteroatoms. The van der Waals surface area contributed by atoms with Crippen molar-refractivity contribution in [2.45, 2.75) is 0 Å². The molecule has 0 spiro atoms. The molecule has 2 heterocycles. The monoisotopic (exact) mass is 221 g/mol. The zero-order chi connectivity index (χ0) is 10.7. The largest absolute Gasteiger partial charge is 0.481 e. The van der Waals surface area contributed by atoms with Crippen molar-refractivity contribution in [3.05, 3.63) is 35.7 Å². The van der Waals surface area contributed by atoms with Gasteiger partial charge in [0, 0.05) is 24.0 Å². The van der Waals surface area contributed by atoms with Crippen LogP contribution in [0.4, 0.5) is 0 Å². The molecule has 0 aromatic carbocycles. The molecule has 0 atom stereocenters. The summed E-state index contributed by atoms with van der Waals surface area (Å²) in [5, 5.41) is 0.355. The van der Waals surface area contributed by atoms with Crippen LogP contribution in [0.15, 0.2) is 30.6 Å². The Morgan fingerprint density at radius 2 is 1.93 bits per heavy atom. The van der Waals surface area contributed by atoms with Gasteiger partial charge in [-0.25, -0.2) is 4.98 Å². The zero-order valence-electron chi connectivity index (χ0n) is 8.01. The quantitative estimate of drug-likeness (QED) is 0.730. The highest BCUT2D eigenvalue weighted by Crippen LogP contribution is 2.20. The van der Waals surface area contributed by atoms with Crippen molar-refractivity contribution in [2.75, 3.05) is 7.11 Å². The first-order valence-electron chi connectivity index (χ1n) is 4.28. The summed E-state index contributed by atoms with van der Waals surface area (Å²) < 4.78 is 5.01. The van der Waals surface area contributed by atoms with Crippen molar-refractivity contribution in [3.63, 3.8) is 0 Å². The Hall–Kier alpha value is -1.68. The number of ether oxygens (including phenoxy) is 1. The Morgan fingerprint density at radius 3 is 2.60 bits per heavy atom. The van der Waals surface area contributed by atoms with E-state index in [1.54, 1.807) is 18.5 Å². The van der Waals surface area contributed by atoms with Crippen LogP contribution < -0.4 is 4.74 Å². The van der Waals surface area contributed by atoms with Gasteiger partial charge in [0.15, 0.2) is 5.82 Å². The van der Waals surface area contributed by atoms with Crippen LogP contribution in [0.1, 0.15) is 0 Å². The first kappa shape index (κ1) is 9.86. The topological polar surface area (TPSA) is 47.9 Å². The van der Waals surface area contributed by atoms with E-state index in [1.165, 1.54) is 7.11 Å². The van der Waals surface area contributed by atoms with Crippen molar-refractivity contribution in [1.29, 1.82) is 0 Å². The number of methoxy groups -OCH3 is 1.